The number of aromatic carboxylic acids is 1. The number of thioether (sulfide) groups is 1. The fraction of sp³-hybridized carbons (Fsp3) is 0.0952. The van der Waals surface area contributed by atoms with E-state index in [1.54, 1.807) is 31.3 Å². The third-order valence-electron chi connectivity index (χ3n) is 3.91. The van der Waals surface area contributed by atoms with Gasteiger partial charge in [0.05, 0.1) is 20.6 Å². The van der Waals surface area contributed by atoms with Crippen molar-refractivity contribution in [2.45, 2.75) is 0 Å². The standard InChI is InChI=1S/C21H15BrN2O4S/c1-3-10-28-17-9-4-13(11-16(17)22)12-18-19(25)24(2)21(29-18)23-15-7-5-14(6-8-15)20(26)27/h1,4-9,11-12H,10H2,2H3,(H,26,27)/b18-12-,23-21?. The maximum atomic E-state index is 12.6. The van der Waals surface area contributed by atoms with Gasteiger partial charge in [0.2, 0.25) is 0 Å². The highest BCUT2D eigenvalue weighted by atomic mass is 79.9. The van der Waals surface area contributed by atoms with Gasteiger partial charge in [0, 0.05) is 7.05 Å². The Balaban J connectivity index is 1.82. The number of terminal acetylenes is 1. The van der Waals surface area contributed by atoms with Gasteiger partial charge in [0.15, 0.2) is 5.17 Å². The molecule has 1 amide bonds. The monoisotopic (exact) mass is 470 g/mol. The molecule has 0 bridgehead atoms. The molecule has 0 aromatic heterocycles. The Kier molecular flexibility index (Phi) is 6.42. The fourth-order valence-electron chi connectivity index (χ4n) is 2.44. The lowest BCUT2D eigenvalue weighted by molar-refractivity contribution is -0.121. The minimum atomic E-state index is -1.00. The maximum Gasteiger partial charge on any atom is 0.335 e. The molecule has 29 heavy (non-hydrogen) atoms. The summed E-state index contributed by atoms with van der Waals surface area (Å²) in [6, 6.07) is 11.6. The van der Waals surface area contributed by atoms with Crippen LogP contribution in [-0.2, 0) is 4.79 Å². The van der Waals surface area contributed by atoms with Gasteiger partial charge in [0.25, 0.3) is 5.91 Å². The van der Waals surface area contributed by atoms with Crippen molar-refractivity contribution in [2.24, 2.45) is 4.99 Å². The minimum absolute atomic E-state index is 0.167. The Bertz CT molecular complexity index is 1070. The van der Waals surface area contributed by atoms with Crippen molar-refractivity contribution >= 4 is 56.5 Å². The highest BCUT2D eigenvalue weighted by Crippen LogP contribution is 2.34. The lowest BCUT2D eigenvalue weighted by atomic mass is 10.2. The molecule has 1 fully saturated rings. The van der Waals surface area contributed by atoms with Crippen molar-refractivity contribution in [3.05, 3.63) is 63.0 Å². The summed E-state index contributed by atoms with van der Waals surface area (Å²) in [5.74, 6) is 1.87. The van der Waals surface area contributed by atoms with Gasteiger partial charge in [-0.3, -0.25) is 9.69 Å². The molecule has 0 saturated carbocycles. The van der Waals surface area contributed by atoms with Gasteiger partial charge in [-0.15, -0.1) is 6.42 Å². The molecule has 1 aliphatic heterocycles. The summed E-state index contributed by atoms with van der Waals surface area (Å²) in [6.07, 6.45) is 6.97. The highest BCUT2D eigenvalue weighted by Gasteiger charge is 2.30. The molecule has 6 nitrogen and oxygen atoms in total. The second-order valence-electron chi connectivity index (χ2n) is 5.90. The Morgan fingerprint density at radius 1 is 1.34 bits per heavy atom. The molecule has 2 aromatic rings. The summed E-state index contributed by atoms with van der Waals surface area (Å²) in [5, 5.41) is 9.48. The number of aliphatic imine (C=N–C) groups is 1. The van der Waals surface area contributed by atoms with Gasteiger partial charge in [-0.25, -0.2) is 9.79 Å². The SMILES string of the molecule is C#CCOc1ccc(/C=C2\SC(=Nc3ccc(C(=O)O)cc3)N(C)C2=O)cc1Br. The number of carboxylic acid groups (broad SMARTS) is 1. The number of carbonyl (C=O) groups excluding carboxylic acids is 1. The number of hydrogen-bond donors (Lipinski definition) is 1. The number of hydrogen-bond acceptors (Lipinski definition) is 5. The summed E-state index contributed by atoms with van der Waals surface area (Å²) >= 11 is 4.68. The zero-order chi connectivity index (χ0) is 21.0. The number of likely N-dealkylation sites (N-methyl/N-ethyl adjacent to an activating group) is 1. The molecule has 0 atom stereocenters. The zero-order valence-corrected chi connectivity index (χ0v) is 17.7. The molecule has 146 valence electrons. The van der Waals surface area contributed by atoms with Crippen LogP contribution in [0.15, 0.2) is 56.8 Å². The zero-order valence-electron chi connectivity index (χ0n) is 15.3. The van der Waals surface area contributed by atoms with E-state index in [2.05, 4.69) is 26.8 Å². The Morgan fingerprint density at radius 3 is 2.69 bits per heavy atom. The van der Waals surface area contributed by atoms with E-state index in [1.807, 2.05) is 12.1 Å². The first kappa shape index (κ1) is 20.7. The van der Waals surface area contributed by atoms with Crippen molar-refractivity contribution in [1.82, 2.24) is 4.90 Å². The number of amides is 1. The topological polar surface area (TPSA) is 79.2 Å². The molecule has 1 saturated heterocycles. The van der Waals surface area contributed by atoms with Crippen molar-refractivity contribution in [3.63, 3.8) is 0 Å². The summed E-state index contributed by atoms with van der Waals surface area (Å²) in [7, 11) is 1.65. The lowest BCUT2D eigenvalue weighted by Gasteiger charge is -2.07. The largest absolute Gasteiger partial charge is 0.480 e. The van der Waals surface area contributed by atoms with Gasteiger partial charge >= 0.3 is 5.97 Å². The molecule has 3 rings (SSSR count). The van der Waals surface area contributed by atoms with Crippen LogP contribution in [0.2, 0.25) is 0 Å². The first-order valence-corrected chi connectivity index (χ1v) is 9.95. The normalized spacial score (nSPS) is 16.3. The lowest BCUT2D eigenvalue weighted by Crippen LogP contribution is -2.23. The van der Waals surface area contributed by atoms with Gasteiger partial charge < -0.3 is 9.84 Å². The number of amidine groups is 1. The number of carboxylic acids is 1. The Morgan fingerprint density at radius 2 is 2.07 bits per heavy atom. The van der Waals surface area contributed by atoms with Crippen molar-refractivity contribution < 1.29 is 19.4 Å². The second-order valence-corrected chi connectivity index (χ2v) is 7.77. The van der Waals surface area contributed by atoms with E-state index in [9.17, 15) is 9.59 Å². The number of halogens is 1. The fourth-order valence-corrected chi connectivity index (χ4v) is 3.93. The number of nitrogens with zero attached hydrogens (tertiary/aromatic N) is 2. The van der Waals surface area contributed by atoms with E-state index in [0.29, 0.717) is 21.5 Å². The average Bonchev–Trinajstić information content (AvgIpc) is 2.95. The van der Waals surface area contributed by atoms with E-state index in [-0.39, 0.29) is 18.1 Å². The van der Waals surface area contributed by atoms with Gasteiger partial charge in [-0.1, -0.05) is 12.0 Å². The molecule has 0 unspecified atom stereocenters. The van der Waals surface area contributed by atoms with E-state index in [0.717, 1.165) is 10.0 Å². The second kappa shape index (κ2) is 8.99. The number of ether oxygens (including phenoxy) is 1. The molecular weight excluding hydrogens is 456 g/mol. The third kappa shape index (κ3) is 4.88. The van der Waals surface area contributed by atoms with Crippen LogP contribution in [0.3, 0.4) is 0 Å². The number of rotatable bonds is 5. The molecule has 1 aliphatic rings. The number of benzene rings is 2. The molecular formula is C21H15BrN2O4S. The van der Waals surface area contributed by atoms with E-state index >= 15 is 0 Å². The van der Waals surface area contributed by atoms with Crippen molar-refractivity contribution in [2.75, 3.05) is 13.7 Å². The molecule has 0 aliphatic carbocycles. The molecule has 0 spiro atoms. The molecule has 1 N–H and O–H groups in total. The van der Waals surface area contributed by atoms with E-state index in [4.69, 9.17) is 16.3 Å². The average molecular weight is 471 g/mol. The third-order valence-corrected chi connectivity index (χ3v) is 5.59. The highest BCUT2D eigenvalue weighted by molar-refractivity contribution is 9.10. The van der Waals surface area contributed by atoms with Gasteiger partial charge in [0.1, 0.15) is 12.4 Å². The summed E-state index contributed by atoms with van der Waals surface area (Å²) in [4.78, 5) is 29.9. The summed E-state index contributed by atoms with van der Waals surface area (Å²) in [6.45, 7) is 0.172. The van der Waals surface area contributed by atoms with Crippen LogP contribution in [0.25, 0.3) is 6.08 Å². The molecule has 2 aromatic carbocycles. The molecule has 1 heterocycles. The van der Waals surface area contributed by atoms with Crippen LogP contribution in [0.4, 0.5) is 5.69 Å². The van der Waals surface area contributed by atoms with E-state index in [1.165, 1.54) is 28.8 Å². The first-order chi connectivity index (χ1) is 13.9. The summed E-state index contributed by atoms with van der Waals surface area (Å²) in [5.41, 5.74) is 1.57. The summed E-state index contributed by atoms with van der Waals surface area (Å²) < 4.78 is 6.15. The minimum Gasteiger partial charge on any atom is -0.480 e. The molecule has 0 radical (unpaired) electrons. The predicted molar refractivity (Wildman–Crippen MR) is 117 cm³/mol. The van der Waals surface area contributed by atoms with E-state index < -0.39 is 5.97 Å². The maximum absolute atomic E-state index is 12.6. The van der Waals surface area contributed by atoms with Crippen molar-refractivity contribution in [1.29, 1.82) is 0 Å². The smallest absolute Gasteiger partial charge is 0.335 e. The van der Waals surface area contributed by atoms with Crippen LogP contribution in [0, 0.1) is 12.3 Å². The predicted octanol–water partition coefficient (Wildman–Crippen LogP) is 4.39. The Hall–Kier alpha value is -3.02. The van der Waals surface area contributed by atoms with Crippen molar-refractivity contribution in [3.8, 4) is 18.1 Å². The Labute approximate surface area is 180 Å². The van der Waals surface area contributed by atoms with Crippen LogP contribution < -0.4 is 4.74 Å². The number of carbonyl (C=O) groups is 2. The van der Waals surface area contributed by atoms with Crippen LogP contribution in [0.5, 0.6) is 5.75 Å². The van der Waals surface area contributed by atoms with Gasteiger partial charge in [-0.2, -0.15) is 0 Å². The van der Waals surface area contributed by atoms with Crippen LogP contribution >= 0.6 is 27.7 Å². The van der Waals surface area contributed by atoms with Crippen LogP contribution in [0.1, 0.15) is 15.9 Å². The van der Waals surface area contributed by atoms with Crippen LogP contribution in [-0.4, -0.2) is 40.7 Å². The quantitative estimate of drug-likeness (QED) is 0.517. The first-order valence-electron chi connectivity index (χ1n) is 8.34. The van der Waals surface area contributed by atoms with Gasteiger partial charge in [-0.05, 0) is 75.7 Å². The molecule has 8 heteroatoms.